The summed E-state index contributed by atoms with van der Waals surface area (Å²) in [5.41, 5.74) is 2.23. The van der Waals surface area contributed by atoms with E-state index in [2.05, 4.69) is 13.8 Å². The van der Waals surface area contributed by atoms with Gasteiger partial charge in [-0.15, -0.1) is 11.8 Å². The zero-order valence-corrected chi connectivity index (χ0v) is 17.7. The molecule has 1 aliphatic heterocycles. The Bertz CT molecular complexity index is 811. The molecule has 1 N–H and O–H groups in total. The lowest BCUT2D eigenvalue weighted by atomic mass is 9.87. The topological polar surface area (TPSA) is 49.8 Å². The number of carbonyl (C=O) groups excluding carboxylic acids is 1. The summed E-state index contributed by atoms with van der Waals surface area (Å²) in [6.07, 6.45) is 4.77. The van der Waals surface area contributed by atoms with E-state index in [1.54, 1.807) is 23.9 Å². The van der Waals surface area contributed by atoms with Crippen molar-refractivity contribution in [3.8, 4) is 5.75 Å². The van der Waals surface area contributed by atoms with E-state index >= 15 is 0 Å². The molecule has 0 fully saturated rings. The summed E-state index contributed by atoms with van der Waals surface area (Å²) in [4.78, 5) is 12.6. The third-order valence-electron chi connectivity index (χ3n) is 5.78. The van der Waals surface area contributed by atoms with E-state index in [4.69, 9.17) is 4.74 Å². The van der Waals surface area contributed by atoms with Crippen LogP contribution in [0.4, 0.5) is 0 Å². The third kappa shape index (κ3) is 3.84. The molecule has 0 saturated carbocycles. The summed E-state index contributed by atoms with van der Waals surface area (Å²) < 4.78 is 5.47. The minimum absolute atomic E-state index is 0.308. The van der Waals surface area contributed by atoms with Crippen LogP contribution in [-0.2, 0) is 0 Å². The van der Waals surface area contributed by atoms with Gasteiger partial charge in [-0.2, -0.15) is 5.06 Å². The van der Waals surface area contributed by atoms with Gasteiger partial charge in [-0.3, -0.25) is 4.79 Å². The summed E-state index contributed by atoms with van der Waals surface area (Å²) in [5, 5.41) is 13.2. The molecule has 0 saturated heterocycles. The van der Waals surface area contributed by atoms with Gasteiger partial charge in [-0.05, 0) is 36.1 Å². The summed E-state index contributed by atoms with van der Waals surface area (Å²) in [7, 11) is 1.57. The van der Waals surface area contributed by atoms with Crippen LogP contribution in [0.1, 0.15) is 67.1 Å². The van der Waals surface area contributed by atoms with Crippen LogP contribution in [0.15, 0.2) is 47.4 Å². The Morgan fingerprint density at radius 3 is 2.64 bits per heavy atom. The lowest BCUT2D eigenvalue weighted by Gasteiger charge is -2.42. The molecule has 2 aromatic rings. The fourth-order valence-electron chi connectivity index (χ4n) is 3.97. The predicted molar refractivity (Wildman–Crippen MR) is 114 cm³/mol. The molecule has 150 valence electrons. The number of carbonyl (C=O) groups is 1. The molecule has 1 aliphatic rings. The SMILES string of the molecule is CCCC[C@]1(CC)CSc2cc(C=O)c(OC)cc2[C@@H](c2ccccc2)N1O. The Morgan fingerprint density at radius 2 is 2.04 bits per heavy atom. The fraction of sp³-hybridized carbons (Fsp3) is 0.435. The van der Waals surface area contributed by atoms with E-state index in [0.717, 1.165) is 53.7 Å². The van der Waals surface area contributed by atoms with E-state index in [-0.39, 0.29) is 11.6 Å². The first-order valence-electron chi connectivity index (χ1n) is 9.93. The number of hydrogen-bond acceptors (Lipinski definition) is 5. The molecule has 0 bridgehead atoms. The number of methoxy groups -OCH3 is 1. The number of thioether (sulfide) groups is 1. The average molecular weight is 400 g/mol. The van der Waals surface area contributed by atoms with Crippen molar-refractivity contribution in [3.63, 3.8) is 0 Å². The Balaban J connectivity index is 2.19. The van der Waals surface area contributed by atoms with Crippen molar-refractivity contribution in [2.45, 2.75) is 56.0 Å². The van der Waals surface area contributed by atoms with Gasteiger partial charge in [0.25, 0.3) is 0 Å². The molecule has 0 radical (unpaired) electrons. The van der Waals surface area contributed by atoms with Gasteiger partial charge in [0.2, 0.25) is 0 Å². The highest BCUT2D eigenvalue weighted by atomic mass is 32.2. The van der Waals surface area contributed by atoms with Crippen molar-refractivity contribution in [2.75, 3.05) is 12.9 Å². The average Bonchev–Trinajstić information content (AvgIpc) is 2.86. The highest BCUT2D eigenvalue weighted by molar-refractivity contribution is 7.99. The number of hydroxylamine groups is 2. The monoisotopic (exact) mass is 399 g/mol. The maximum absolute atomic E-state index is 11.6. The van der Waals surface area contributed by atoms with Crippen LogP contribution in [0, 0.1) is 0 Å². The molecule has 0 unspecified atom stereocenters. The lowest BCUT2D eigenvalue weighted by Crippen LogP contribution is -2.49. The van der Waals surface area contributed by atoms with Crippen LogP contribution in [0.25, 0.3) is 0 Å². The Hall–Kier alpha value is -1.82. The van der Waals surface area contributed by atoms with Gasteiger partial charge in [0, 0.05) is 10.6 Å². The smallest absolute Gasteiger partial charge is 0.153 e. The summed E-state index contributed by atoms with van der Waals surface area (Å²) in [6.45, 7) is 4.33. The van der Waals surface area contributed by atoms with Crippen LogP contribution < -0.4 is 4.74 Å². The van der Waals surface area contributed by atoms with E-state index < -0.39 is 0 Å². The van der Waals surface area contributed by atoms with Crippen LogP contribution in [0.3, 0.4) is 0 Å². The molecule has 1 heterocycles. The number of aldehydes is 1. The summed E-state index contributed by atoms with van der Waals surface area (Å²) >= 11 is 1.73. The fourth-order valence-corrected chi connectivity index (χ4v) is 5.42. The van der Waals surface area contributed by atoms with Gasteiger partial charge in [-0.25, -0.2) is 0 Å². The molecule has 0 amide bonds. The molecule has 0 spiro atoms. The van der Waals surface area contributed by atoms with Gasteiger partial charge in [-0.1, -0.05) is 57.0 Å². The molecule has 5 heteroatoms. The number of nitrogens with zero attached hydrogens (tertiary/aromatic N) is 1. The molecule has 2 aromatic carbocycles. The molecule has 4 nitrogen and oxygen atoms in total. The number of benzene rings is 2. The van der Waals surface area contributed by atoms with E-state index in [1.807, 2.05) is 42.5 Å². The second-order valence-electron chi connectivity index (χ2n) is 7.38. The number of ether oxygens (including phenoxy) is 1. The molecule has 0 aliphatic carbocycles. The predicted octanol–water partition coefficient (Wildman–Crippen LogP) is 5.73. The molecule has 0 aromatic heterocycles. The number of fused-ring (bicyclic) bond motifs is 1. The molecule has 2 atom stereocenters. The van der Waals surface area contributed by atoms with Crippen molar-refractivity contribution >= 4 is 18.0 Å². The first-order chi connectivity index (χ1) is 13.6. The van der Waals surface area contributed by atoms with Gasteiger partial charge in [0.15, 0.2) is 6.29 Å². The Kier molecular flexibility index (Phi) is 6.81. The first kappa shape index (κ1) is 20.9. The second kappa shape index (κ2) is 9.12. The number of unbranched alkanes of at least 4 members (excludes halogenated alkanes) is 1. The highest BCUT2D eigenvalue weighted by Gasteiger charge is 2.43. The maximum atomic E-state index is 11.6. The van der Waals surface area contributed by atoms with Crippen LogP contribution in [0.5, 0.6) is 5.75 Å². The van der Waals surface area contributed by atoms with Gasteiger partial charge >= 0.3 is 0 Å². The quantitative estimate of drug-likeness (QED) is 0.602. The van der Waals surface area contributed by atoms with Gasteiger partial charge in [0.05, 0.1) is 24.3 Å². The van der Waals surface area contributed by atoms with Gasteiger partial charge < -0.3 is 9.94 Å². The minimum atomic E-state index is -0.325. The van der Waals surface area contributed by atoms with Crippen molar-refractivity contribution < 1.29 is 14.7 Å². The highest BCUT2D eigenvalue weighted by Crippen LogP contribution is 2.47. The second-order valence-corrected chi connectivity index (χ2v) is 8.39. The Morgan fingerprint density at radius 1 is 1.29 bits per heavy atom. The maximum Gasteiger partial charge on any atom is 0.153 e. The van der Waals surface area contributed by atoms with Crippen LogP contribution >= 0.6 is 11.8 Å². The van der Waals surface area contributed by atoms with Gasteiger partial charge in [0.1, 0.15) is 5.75 Å². The normalized spacial score (nSPS) is 22.4. The largest absolute Gasteiger partial charge is 0.496 e. The zero-order valence-electron chi connectivity index (χ0n) is 16.9. The van der Waals surface area contributed by atoms with Crippen LogP contribution in [0.2, 0.25) is 0 Å². The van der Waals surface area contributed by atoms with Crippen molar-refractivity contribution in [1.29, 1.82) is 0 Å². The van der Waals surface area contributed by atoms with E-state index in [9.17, 15) is 10.0 Å². The molecular weight excluding hydrogens is 370 g/mol. The zero-order chi connectivity index (χ0) is 20.1. The molecule has 28 heavy (non-hydrogen) atoms. The third-order valence-corrected chi connectivity index (χ3v) is 7.13. The number of hydrogen-bond donors (Lipinski definition) is 1. The van der Waals surface area contributed by atoms with Crippen molar-refractivity contribution in [2.24, 2.45) is 0 Å². The minimum Gasteiger partial charge on any atom is -0.496 e. The van der Waals surface area contributed by atoms with Crippen molar-refractivity contribution in [1.82, 2.24) is 5.06 Å². The van der Waals surface area contributed by atoms with Crippen LogP contribution in [-0.4, -0.2) is 35.0 Å². The Labute approximate surface area is 171 Å². The first-order valence-corrected chi connectivity index (χ1v) is 10.9. The van der Waals surface area contributed by atoms with Crippen molar-refractivity contribution in [3.05, 3.63) is 59.2 Å². The van der Waals surface area contributed by atoms with E-state index in [0.29, 0.717) is 11.3 Å². The summed E-state index contributed by atoms with van der Waals surface area (Å²) in [5.74, 6) is 1.32. The molecular formula is C23H29NO3S. The number of rotatable bonds is 7. The standard InChI is InChI=1S/C23H29NO3S/c1-4-6-12-23(5-2)16-28-21-13-18(15-25)20(27-3)14-19(21)22(24(23)26)17-10-8-7-9-11-17/h7-11,13-15,22,26H,4-6,12,16H2,1-3H3/t22-,23-/m1/s1. The van der Waals surface area contributed by atoms with E-state index in [1.165, 1.54) is 0 Å². The molecule has 3 rings (SSSR count). The lowest BCUT2D eigenvalue weighted by molar-refractivity contribution is -0.193. The summed E-state index contributed by atoms with van der Waals surface area (Å²) in [6, 6.07) is 13.6.